The van der Waals surface area contributed by atoms with Gasteiger partial charge in [-0.25, -0.2) is 0 Å². The average molecular weight is 177 g/mol. The fourth-order valence-corrected chi connectivity index (χ4v) is 1.23. The van der Waals surface area contributed by atoms with Gasteiger partial charge >= 0.3 is 0 Å². The van der Waals surface area contributed by atoms with Gasteiger partial charge in [0.25, 0.3) is 0 Å². The summed E-state index contributed by atoms with van der Waals surface area (Å²) >= 11 is 0. The van der Waals surface area contributed by atoms with Crippen LogP contribution >= 0.6 is 0 Å². The Hall–Kier alpha value is -1.57. The van der Waals surface area contributed by atoms with Crippen LogP contribution in [0.1, 0.15) is 15.4 Å². The topological polar surface area (TPSA) is 30.2 Å². The second-order valence-electron chi connectivity index (χ2n) is 2.88. The molecule has 0 amide bonds. The highest BCUT2D eigenvalue weighted by molar-refractivity contribution is 5.76. The number of aryl methyl sites for hydroxylation is 1. The van der Waals surface area contributed by atoms with Crippen LogP contribution < -0.4 is 5.43 Å². The SMILES string of the molecule is [2H]C([2H])([2H])c1oc2ccccc2c(=O)c1C. The first-order valence-corrected chi connectivity index (χ1v) is 3.94. The molecule has 0 radical (unpaired) electrons. The first-order chi connectivity index (χ1) is 7.41. The molecule has 66 valence electrons. The van der Waals surface area contributed by atoms with Crippen molar-refractivity contribution in [3.05, 3.63) is 45.8 Å². The molecule has 2 nitrogen and oxygen atoms in total. The molecule has 0 aliphatic carbocycles. The maximum Gasteiger partial charge on any atom is 0.195 e. The van der Waals surface area contributed by atoms with Gasteiger partial charge in [0.05, 0.1) is 5.39 Å². The molecule has 0 spiro atoms. The molecule has 1 heterocycles. The number of hydrogen-bond acceptors (Lipinski definition) is 2. The minimum absolute atomic E-state index is 0.152. The molecule has 2 rings (SSSR count). The number of rotatable bonds is 0. The fraction of sp³-hybridized carbons (Fsp3) is 0.182. The van der Waals surface area contributed by atoms with E-state index in [9.17, 15) is 4.79 Å². The normalized spacial score (nSPS) is 15.0. The van der Waals surface area contributed by atoms with E-state index < -0.39 is 6.85 Å². The van der Waals surface area contributed by atoms with Gasteiger partial charge in [-0.1, -0.05) is 12.1 Å². The second kappa shape index (κ2) is 2.73. The van der Waals surface area contributed by atoms with Crippen molar-refractivity contribution in [1.29, 1.82) is 0 Å². The molecule has 1 aromatic carbocycles. The van der Waals surface area contributed by atoms with Crippen molar-refractivity contribution in [2.45, 2.75) is 13.8 Å². The van der Waals surface area contributed by atoms with Crippen molar-refractivity contribution in [3.8, 4) is 0 Å². The third-order valence-electron chi connectivity index (χ3n) is 2.02. The number of para-hydroxylation sites is 1. The molecular weight excluding hydrogens is 164 g/mol. The van der Waals surface area contributed by atoms with Crippen molar-refractivity contribution in [3.63, 3.8) is 0 Å². The largest absolute Gasteiger partial charge is 0.461 e. The molecule has 0 aliphatic heterocycles. The summed E-state index contributed by atoms with van der Waals surface area (Å²) < 4.78 is 27.1. The highest BCUT2D eigenvalue weighted by Gasteiger charge is 2.05. The minimum Gasteiger partial charge on any atom is -0.461 e. The predicted molar refractivity (Wildman–Crippen MR) is 52.0 cm³/mol. The van der Waals surface area contributed by atoms with E-state index in [2.05, 4.69) is 0 Å². The van der Waals surface area contributed by atoms with Gasteiger partial charge in [-0.15, -0.1) is 0 Å². The van der Waals surface area contributed by atoms with Crippen molar-refractivity contribution in [2.24, 2.45) is 0 Å². The van der Waals surface area contributed by atoms with E-state index in [0.29, 0.717) is 11.0 Å². The van der Waals surface area contributed by atoms with Gasteiger partial charge in [0, 0.05) is 9.68 Å². The number of fused-ring (bicyclic) bond motifs is 1. The Morgan fingerprint density at radius 1 is 1.38 bits per heavy atom. The van der Waals surface area contributed by atoms with Crippen LogP contribution in [0, 0.1) is 13.8 Å². The molecular formula is C11H10O2. The second-order valence-corrected chi connectivity index (χ2v) is 2.88. The maximum absolute atomic E-state index is 11.9. The quantitative estimate of drug-likeness (QED) is 0.618. The monoisotopic (exact) mass is 177 g/mol. The Morgan fingerprint density at radius 3 is 2.92 bits per heavy atom. The summed E-state index contributed by atoms with van der Waals surface area (Å²) in [6.45, 7) is -0.923. The molecule has 0 aliphatic rings. The molecule has 0 atom stereocenters. The van der Waals surface area contributed by atoms with Gasteiger partial charge in [0.1, 0.15) is 11.3 Å². The third-order valence-corrected chi connectivity index (χ3v) is 2.02. The summed E-state index contributed by atoms with van der Waals surface area (Å²) in [6, 6.07) is 6.63. The Kier molecular flexibility index (Phi) is 1.10. The highest BCUT2D eigenvalue weighted by Crippen LogP contribution is 2.13. The summed E-state index contributed by atoms with van der Waals surface area (Å²) in [7, 11) is 0. The van der Waals surface area contributed by atoms with E-state index in [1.165, 1.54) is 6.92 Å². The van der Waals surface area contributed by atoms with Crippen LogP contribution in [0.2, 0.25) is 0 Å². The predicted octanol–water partition coefficient (Wildman–Crippen LogP) is 2.41. The lowest BCUT2D eigenvalue weighted by molar-refractivity contribution is 0.559. The number of hydrogen-bond donors (Lipinski definition) is 0. The lowest BCUT2D eigenvalue weighted by atomic mass is 10.1. The van der Waals surface area contributed by atoms with E-state index in [0.717, 1.165) is 0 Å². The molecule has 0 bridgehead atoms. The lowest BCUT2D eigenvalue weighted by Gasteiger charge is -2.00. The van der Waals surface area contributed by atoms with Crippen LogP contribution in [0.15, 0.2) is 33.5 Å². The Balaban J connectivity index is 2.90. The molecule has 2 heteroatoms. The first kappa shape index (κ1) is 5.22. The van der Waals surface area contributed by atoms with Crippen molar-refractivity contribution in [2.75, 3.05) is 0 Å². The minimum atomic E-state index is -2.40. The van der Waals surface area contributed by atoms with Crippen LogP contribution in [0.25, 0.3) is 11.0 Å². The third kappa shape index (κ3) is 1.15. The highest BCUT2D eigenvalue weighted by atomic mass is 16.3. The van der Waals surface area contributed by atoms with Gasteiger partial charge in [-0.05, 0) is 25.9 Å². The summed E-state index contributed by atoms with van der Waals surface area (Å²) in [5.41, 5.74) is 0.177. The summed E-state index contributed by atoms with van der Waals surface area (Å²) in [5.74, 6) is -0.226. The van der Waals surface area contributed by atoms with Crippen LogP contribution in [-0.4, -0.2) is 0 Å². The van der Waals surface area contributed by atoms with Crippen molar-refractivity contribution in [1.82, 2.24) is 0 Å². The van der Waals surface area contributed by atoms with E-state index in [-0.39, 0.29) is 16.8 Å². The summed E-state index contributed by atoms with van der Waals surface area (Å²) in [4.78, 5) is 11.9. The molecule has 0 N–H and O–H groups in total. The number of benzene rings is 1. The van der Waals surface area contributed by atoms with Gasteiger partial charge in [0.15, 0.2) is 5.43 Å². The smallest absolute Gasteiger partial charge is 0.195 e. The van der Waals surface area contributed by atoms with Crippen LogP contribution in [-0.2, 0) is 0 Å². The van der Waals surface area contributed by atoms with Crippen molar-refractivity contribution < 1.29 is 8.53 Å². The van der Waals surface area contributed by atoms with Crippen LogP contribution in [0.3, 0.4) is 0 Å². The first-order valence-electron chi connectivity index (χ1n) is 5.44. The van der Waals surface area contributed by atoms with Crippen molar-refractivity contribution >= 4 is 11.0 Å². The van der Waals surface area contributed by atoms with Crippen LogP contribution in [0.4, 0.5) is 0 Å². The average Bonchev–Trinajstić information content (AvgIpc) is 2.22. The Morgan fingerprint density at radius 2 is 2.15 bits per heavy atom. The van der Waals surface area contributed by atoms with Gasteiger partial charge < -0.3 is 4.42 Å². The van der Waals surface area contributed by atoms with Gasteiger partial charge in [-0.3, -0.25) is 4.79 Å². The zero-order chi connectivity index (χ0) is 11.9. The van der Waals surface area contributed by atoms with Gasteiger partial charge in [-0.2, -0.15) is 0 Å². The summed E-state index contributed by atoms with van der Waals surface area (Å²) in [5, 5.41) is 0.410. The molecule has 13 heavy (non-hydrogen) atoms. The molecule has 0 saturated carbocycles. The zero-order valence-corrected chi connectivity index (χ0v) is 7.13. The molecule has 0 unspecified atom stereocenters. The van der Waals surface area contributed by atoms with Gasteiger partial charge in [0.2, 0.25) is 0 Å². The molecule has 1 aromatic heterocycles. The molecule has 2 aromatic rings. The lowest BCUT2D eigenvalue weighted by Crippen LogP contribution is -2.06. The molecule has 0 fully saturated rings. The summed E-state index contributed by atoms with van der Waals surface area (Å²) in [6.07, 6.45) is 0. The Bertz CT molecular complexity index is 596. The zero-order valence-electron chi connectivity index (χ0n) is 10.1. The standard InChI is InChI=1S/C11H10O2/c1-7-8(2)13-10-6-4-3-5-9(10)11(7)12/h3-6H,1-2H3/i2D3. The van der Waals surface area contributed by atoms with E-state index in [1.54, 1.807) is 24.3 Å². The van der Waals surface area contributed by atoms with Crippen LogP contribution in [0.5, 0.6) is 0 Å². The maximum atomic E-state index is 11.9. The molecule has 0 saturated heterocycles. The fourth-order valence-electron chi connectivity index (χ4n) is 1.23. The van der Waals surface area contributed by atoms with E-state index in [1.807, 2.05) is 0 Å². The van der Waals surface area contributed by atoms with E-state index >= 15 is 0 Å². The van der Waals surface area contributed by atoms with E-state index in [4.69, 9.17) is 8.53 Å². The Labute approximate surface area is 80.0 Å².